The number of imidazole rings is 1. The molecule has 3 aromatic rings. The van der Waals surface area contributed by atoms with Gasteiger partial charge in [0.2, 0.25) is 0 Å². The molecule has 3 rings (SSSR count). The molecule has 0 aliphatic rings. The summed E-state index contributed by atoms with van der Waals surface area (Å²) in [5, 5.41) is 8.42. The van der Waals surface area contributed by atoms with Crippen molar-refractivity contribution in [3.05, 3.63) is 59.9 Å². The minimum absolute atomic E-state index is 0.167. The molecule has 23 heavy (non-hydrogen) atoms. The molecule has 6 heteroatoms. The van der Waals surface area contributed by atoms with Crippen LogP contribution in [0.5, 0.6) is 0 Å². The number of carbonyl (C=O) groups excluding carboxylic acids is 1. The smallest absolute Gasteiger partial charge is 0.360 e. The summed E-state index contributed by atoms with van der Waals surface area (Å²) < 4.78 is 6.82. The maximum atomic E-state index is 12.2. The monoisotopic (exact) mass is 308 g/mol. The maximum Gasteiger partial charge on any atom is 0.360 e. The summed E-state index contributed by atoms with van der Waals surface area (Å²) in [4.78, 5) is 16.5. The van der Waals surface area contributed by atoms with E-state index in [0.29, 0.717) is 17.2 Å². The highest BCUT2D eigenvalue weighted by molar-refractivity contribution is 5.93. The van der Waals surface area contributed by atoms with Gasteiger partial charge in [0.25, 0.3) is 0 Å². The number of ether oxygens (including phenoxy) is 1. The minimum Gasteiger partial charge on any atom is -0.461 e. The molecular formula is C17H16N4O2. The Kier molecular flexibility index (Phi) is 4.14. The van der Waals surface area contributed by atoms with Crippen molar-refractivity contribution in [2.45, 2.75) is 13.8 Å². The fourth-order valence-electron chi connectivity index (χ4n) is 2.22. The quantitative estimate of drug-likeness (QED) is 0.535. The van der Waals surface area contributed by atoms with Gasteiger partial charge in [0.15, 0.2) is 11.5 Å². The Labute approximate surface area is 133 Å². The lowest BCUT2D eigenvalue weighted by atomic mass is 10.3. The molecule has 0 unspecified atom stereocenters. The molecule has 0 atom stereocenters. The van der Waals surface area contributed by atoms with E-state index in [1.165, 1.54) is 0 Å². The van der Waals surface area contributed by atoms with Crippen LogP contribution < -0.4 is 0 Å². The number of esters is 1. The number of azo groups is 1. The number of hydrogen-bond donors (Lipinski definition) is 0. The fraction of sp³-hybridized carbons (Fsp3) is 0.176. The average molecular weight is 308 g/mol. The van der Waals surface area contributed by atoms with E-state index in [0.717, 1.165) is 5.56 Å². The third-order valence-electron chi connectivity index (χ3n) is 3.31. The van der Waals surface area contributed by atoms with Crippen LogP contribution in [0.3, 0.4) is 0 Å². The van der Waals surface area contributed by atoms with Crippen molar-refractivity contribution >= 4 is 23.1 Å². The van der Waals surface area contributed by atoms with Gasteiger partial charge in [0.1, 0.15) is 5.65 Å². The highest BCUT2D eigenvalue weighted by atomic mass is 16.5. The van der Waals surface area contributed by atoms with Gasteiger partial charge in [0, 0.05) is 6.20 Å². The Balaban J connectivity index is 2.13. The van der Waals surface area contributed by atoms with E-state index in [-0.39, 0.29) is 12.3 Å². The van der Waals surface area contributed by atoms with E-state index >= 15 is 0 Å². The Bertz CT molecular complexity index is 869. The summed E-state index contributed by atoms with van der Waals surface area (Å²) in [6.07, 6.45) is 1.80. The van der Waals surface area contributed by atoms with Crippen molar-refractivity contribution in [1.82, 2.24) is 9.38 Å². The first kappa shape index (κ1) is 14.9. The molecule has 0 amide bonds. The molecule has 0 bridgehead atoms. The van der Waals surface area contributed by atoms with Crippen molar-refractivity contribution in [3.63, 3.8) is 0 Å². The maximum absolute atomic E-state index is 12.2. The van der Waals surface area contributed by atoms with E-state index in [1.807, 2.05) is 49.4 Å². The van der Waals surface area contributed by atoms with Crippen LogP contribution in [-0.4, -0.2) is 22.0 Å². The summed E-state index contributed by atoms with van der Waals surface area (Å²) in [7, 11) is 0. The number of aryl methyl sites for hydroxylation is 1. The fourth-order valence-corrected chi connectivity index (χ4v) is 2.22. The van der Waals surface area contributed by atoms with Crippen LogP contribution in [0.4, 0.5) is 11.5 Å². The third kappa shape index (κ3) is 2.96. The summed E-state index contributed by atoms with van der Waals surface area (Å²) in [6, 6.07) is 13.1. The van der Waals surface area contributed by atoms with E-state index < -0.39 is 5.97 Å². The summed E-state index contributed by atoms with van der Waals surface area (Å²) in [5.41, 5.74) is 2.47. The number of carbonyl (C=O) groups is 1. The molecule has 0 N–H and O–H groups in total. The topological polar surface area (TPSA) is 68.3 Å². The van der Waals surface area contributed by atoms with E-state index in [1.54, 1.807) is 17.5 Å². The molecule has 0 aliphatic carbocycles. The van der Waals surface area contributed by atoms with Crippen LogP contribution in [-0.2, 0) is 4.74 Å². The Morgan fingerprint density at radius 1 is 1.17 bits per heavy atom. The third-order valence-corrected chi connectivity index (χ3v) is 3.31. The number of fused-ring (bicyclic) bond motifs is 1. The molecule has 0 fully saturated rings. The zero-order valence-electron chi connectivity index (χ0n) is 12.9. The SMILES string of the molecule is CCOC(=O)c1nc2c(C)cccn2c1N=Nc1ccccc1. The lowest BCUT2D eigenvalue weighted by molar-refractivity contribution is 0.0521. The molecule has 2 heterocycles. The van der Waals surface area contributed by atoms with E-state index in [2.05, 4.69) is 15.2 Å². The van der Waals surface area contributed by atoms with Crippen LogP contribution in [0.1, 0.15) is 23.0 Å². The van der Waals surface area contributed by atoms with Gasteiger partial charge in [-0.1, -0.05) is 24.3 Å². The van der Waals surface area contributed by atoms with Gasteiger partial charge >= 0.3 is 5.97 Å². The van der Waals surface area contributed by atoms with Gasteiger partial charge in [-0.25, -0.2) is 9.78 Å². The molecule has 6 nitrogen and oxygen atoms in total. The van der Waals surface area contributed by atoms with E-state index in [9.17, 15) is 4.79 Å². The second-order valence-corrected chi connectivity index (χ2v) is 4.92. The summed E-state index contributed by atoms with van der Waals surface area (Å²) >= 11 is 0. The van der Waals surface area contributed by atoms with Crippen LogP contribution in [0.15, 0.2) is 58.9 Å². The van der Waals surface area contributed by atoms with Crippen LogP contribution in [0.2, 0.25) is 0 Å². The van der Waals surface area contributed by atoms with Gasteiger partial charge in [-0.05, 0) is 37.6 Å². The first-order chi connectivity index (χ1) is 11.2. The number of rotatable bonds is 4. The lowest BCUT2D eigenvalue weighted by Crippen LogP contribution is -2.05. The Morgan fingerprint density at radius 2 is 1.96 bits per heavy atom. The number of aromatic nitrogens is 2. The molecule has 0 spiro atoms. The van der Waals surface area contributed by atoms with Crippen molar-refractivity contribution in [2.24, 2.45) is 10.2 Å². The normalized spacial score (nSPS) is 11.2. The summed E-state index contributed by atoms with van der Waals surface area (Å²) in [5.74, 6) is -0.136. The predicted molar refractivity (Wildman–Crippen MR) is 86.5 cm³/mol. The van der Waals surface area contributed by atoms with E-state index in [4.69, 9.17) is 4.74 Å². The Hall–Kier alpha value is -3.02. The van der Waals surface area contributed by atoms with Crippen molar-refractivity contribution < 1.29 is 9.53 Å². The molecule has 0 radical (unpaired) electrons. The second-order valence-electron chi connectivity index (χ2n) is 4.92. The Morgan fingerprint density at radius 3 is 2.70 bits per heavy atom. The average Bonchev–Trinajstić information content (AvgIpc) is 2.94. The second kappa shape index (κ2) is 6.39. The molecule has 0 saturated heterocycles. The van der Waals surface area contributed by atoms with Crippen LogP contribution in [0, 0.1) is 6.92 Å². The predicted octanol–water partition coefficient (Wildman–Crippen LogP) is 4.23. The van der Waals surface area contributed by atoms with Gasteiger partial charge in [-0.15, -0.1) is 10.2 Å². The number of nitrogens with zero attached hydrogens (tertiary/aromatic N) is 4. The zero-order valence-corrected chi connectivity index (χ0v) is 12.9. The molecule has 2 aromatic heterocycles. The van der Waals surface area contributed by atoms with Crippen molar-refractivity contribution in [1.29, 1.82) is 0 Å². The largest absolute Gasteiger partial charge is 0.461 e. The van der Waals surface area contributed by atoms with Gasteiger partial charge in [0.05, 0.1) is 12.3 Å². The number of hydrogen-bond acceptors (Lipinski definition) is 5. The number of pyridine rings is 1. The highest BCUT2D eigenvalue weighted by Crippen LogP contribution is 2.26. The van der Waals surface area contributed by atoms with Gasteiger partial charge in [-0.3, -0.25) is 4.40 Å². The van der Waals surface area contributed by atoms with Crippen LogP contribution >= 0.6 is 0 Å². The molecule has 0 saturated carbocycles. The van der Waals surface area contributed by atoms with Crippen molar-refractivity contribution in [3.8, 4) is 0 Å². The van der Waals surface area contributed by atoms with Gasteiger partial charge < -0.3 is 4.74 Å². The lowest BCUT2D eigenvalue weighted by Gasteiger charge is -2.00. The van der Waals surface area contributed by atoms with Crippen molar-refractivity contribution in [2.75, 3.05) is 6.61 Å². The summed E-state index contributed by atoms with van der Waals surface area (Å²) in [6.45, 7) is 3.96. The zero-order chi connectivity index (χ0) is 16.2. The molecule has 0 aliphatic heterocycles. The molecule has 116 valence electrons. The molecular weight excluding hydrogens is 292 g/mol. The van der Waals surface area contributed by atoms with Gasteiger partial charge in [-0.2, -0.15) is 0 Å². The number of benzene rings is 1. The standard InChI is InChI=1S/C17H16N4O2/c1-3-23-17(22)14-16(20-19-13-9-5-4-6-10-13)21-11-7-8-12(2)15(21)18-14/h4-11H,3H2,1-2H3. The molecule has 1 aromatic carbocycles. The first-order valence-corrected chi connectivity index (χ1v) is 7.32. The highest BCUT2D eigenvalue weighted by Gasteiger charge is 2.21. The first-order valence-electron chi connectivity index (χ1n) is 7.32. The minimum atomic E-state index is -0.502. The van der Waals surface area contributed by atoms with Crippen LogP contribution in [0.25, 0.3) is 5.65 Å².